The van der Waals surface area contributed by atoms with Crippen LogP contribution in [0.25, 0.3) is 0 Å². The standard InChI is InChI=1S/C17H20FN3OS/c1-2-10-21-16(13-4-5-13)19-20-17(21)23-12-3-11-22-15-8-6-14(18)7-9-15/h2,6-9,13H,1,3-5,10-12H2. The lowest BCUT2D eigenvalue weighted by Gasteiger charge is -2.08. The summed E-state index contributed by atoms with van der Waals surface area (Å²) in [7, 11) is 0. The number of ether oxygens (including phenoxy) is 1. The van der Waals surface area contributed by atoms with Gasteiger partial charge in [-0.1, -0.05) is 17.8 Å². The predicted molar refractivity (Wildman–Crippen MR) is 89.4 cm³/mol. The number of halogens is 1. The first kappa shape index (κ1) is 16.1. The summed E-state index contributed by atoms with van der Waals surface area (Å²) >= 11 is 1.69. The molecular formula is C17H20FN3OS. The van der Waals surface area contributed by atoms with Crippen molar-refractivity contribution < 1.29 is 9.13 Å². The van der Waals surface area contributed by atoms with E-state index in [4.69, 9.17) is 4.74 Å². The van der Waals surface area contributed by atoms with Crippen LogP contribution in [0.15, 0.2) is 42.1 Å². The first-order chi connectivity index (χ1) is 11.3. The molecule has 0 aliphatic heterocycles. The molecule has 0 N–H and O–H groups in total. The van der Waals surface area contributed by atoms with Crippen LogP contribution in [0.2, 0.25) is 0 Å². The van der Waals surface area contributed by atoms with Crippen LogP contribution < -0.4 is 4.74 Å². The topological polar surface area (TPSA) is 39.9 Å². The predicted octanol–water partition coefficient (Wildman–Crippen LogP) is 4.04. The second-order valence-electron chi connectivity index (χ2n) is 5.52. The Morgan fingerprint density at radius 1 is 1.30 bits per heavy atom. The number of hydrogen-bond donors (Lipinski definition) is 0. The van der Waals surface area contributed by atoms with Crippen LogP contribution in [0, 0.1) is 5.82 Å². The normalized spacial score (nSPS) is 14.0. The van der Waals surface area contributed by atoms with E-state index < -0.39 is 0 Å². The van der Waals surface area contributed by atoms with Gasteiger partial charge in [0.1, 0.15) is 17.4 Å². The van der Waals surface area contributed by atoms with Gasteiger partial charge in [-0.2, -0.15) is 0 Å². The van der Waals surface area contributed by atoms with Crippen LogP contribution in [0.4, 0.5) is 4.39 Å². The molecule has 1 aliphatic rings. The molecule has 1 fully saturated rings. The molecule has 0 unspecified atom stereocenters. The van der Waals surface area contributed by atoms with Crippen LogP contribution in [0.1, 0.15) is 31.0 Å². The molecule has 1 heterocycles. The Labute approximate surface area is 139 Å². The summed E-state index contributed by atoms with van der Waals surface area (Å²) in [5, 5.41) is 9.59. The fourth-order valence-corrected chi connectivity index (χ4v) is 3.16. The molecule has 0 spiro atoms. The second-order valence-corrected chi connectivity index (χ2v) is 6.58. The fraction of sp³-hybridized carbons (Fsp3) is 0.412. The number of benzene rings is 1. The second kappa shape index (κ2) is 7.64. The molecule has 2 aromatic rings. The Morgan fingerprint density at radius 3 is 2.78 bits per heavy atom. The summed E-state index contributed by atoms with van der Waals surface area (Å²) in [5.74, 6) is 3.03. The van der Waals surface area contributed by atoms with E-state index in [-0.39, 0.29) is 5.82 Å². The summed E-state index contributed by atoms with van der Waals surface area (Å²) < 4.78 is 20.6. The minimum atomic E-state index is -0.249. The molecule has 1 aromatic heterocycles. The average molecular weight is 333 g/mol. The van der Waals surface area contributed by atoms with Gasteiger partial charge in [0.05, 0.1) is 6.61 Å². The monoisotopic (exact) mass is 333 g/mol. The molecule has 4 nitrogen and oxygen atoms in total. The summed E-state index contributed by atoms with van der Waals surface area (Å²) in [6.45, 7) is 5.17. The number of allylic oxidation sites excluding steroid dienone is 1. The third-order valence-electron chi connectivity index (χ3n) is 3.60. The van der Waals surface area contributed by atoms with Crippen LogP contribution in [-0.2, 0) is 6.54 Å². The van der Waals surface area contributed by atoms with Crippen molar-refractivity contribution in [1.29, 1.82) is 0 Å². The third kappa shape index (κ3) is 4.34. The van der Waals surface area contributed by atoms with Crippen molar-refractivity contribution in [3.8, 4) is 5.75 Å². The first-order valence-electron chi connectivity index (χ1n) is 7.83. The average Bonchev–Trinajstić information content (AvgIpc) is 3.32. The van der Waals surface area contributed by atoms with Crippen molar-refractivity contribution in [3.63, 3.8) is 0 Å². The number of nitrogens with zero attached hydrogens (tertiary/aromatic N) is 3. The summed E-state index contributed by atoms with van der Waals surface area (Å²) in [4.78, 5) is 0. The molecule has 6 heteroatoms. The zero-order chi connectivity index (χ0) is 16.1. The van der Waals surface area contributed by atoms with E-state index in [9.17, 15) is 4.39 Å². The zero-order valence-corrected chi connectivity index (χ0v) is 13.8. The Balaban J connectivity index is 1.45. The van der Waals surface area contributed by atoms with Gasteiger partial charge in [-0.05, 0) is 43.5 Å². The highest BCUT2D eigenvalue weighted by Gasteiger charge is 2.29. The molecule has 1 saturated carbocycles. The van der Waals surface area contributed by atoms with Crippen molar-refractivity contribution in [2.24, 2.45) is 0 Å². The molecule has 1 aromatic carbocycles. The van der Waals surface area contributed by atoms with Gasteiger partial charge in [0.15, 0.2) is 5.16 Å². The smallest absolute Gasteiger partial charge is 0.191 e. The Bertz CT molecular complexity index is 652. The van der Waals surface area contributed by atoms with Crippen molar-refractivity contribution in [2.45, 2.75) is 36.9 Å². The van der Waals surface area contributed by atoms with Gasteiger partial charge in [0, 0.05) is 18.2 Å². The van der Waals surface area contributed by atoms with Gasteiger partial charge in [-0.15, -0.1) is 16.8 Å². The lowest BCUT2D eigenvalue weighted by Crippen LogP contribution is -2.04. The van der Waals surface area contributed by atoms with E-state index in [1.54, 1.807) is 23.9 Å². The summed E-state index contributed by atoms with van der Waals surface area (Å²) in [6, 6.07) is 6.10. The van der Waals surface area contributed by atoms with E-state index >= 15 is 0 Å². The van der Waals surface area contributed by atoms with Crippen LogP contribution in [-0.4, -0.2) is 27.1 Å². The van der Waals surface area contributed by atoms with E-state index in [0.29, 0.717) is 18.3 Å². The highest BCUT2D eigenvalue weighted by atomic mass is 32.2. The lowest BCUT2D eigenvalue weighted by molar-refractivity contribution is 0.318. The quantitative estimate of drug-likeness (QED) is 0.394. The third-order valence-corrected chi connectivity index (χ3v) is 4.65. The lowest BCUT2D eigenvalue weighted by atomic mass is 10.3. The molecule has 0 amide bonds. The van der Waals surface area contributed by atoms with Crippen LogP contribution in [0.3, 0.4) is 0 Å². The largest absolute Gasteiger partial charge is 0.494 e. The number of rotatable bonds is 9. The molecule has 1 aliphatic carbocycles. The maximum absolute atomic E-state index is 12.8. The van der Waals surface area contributed by atoms with E-state index in [1.165, 1.54) is 25.0 Å². The fourth-order valence-electron chi connectivity index (χ4n) is 2.29. The molecule has 0 atom stereocenters. The number of thioether (sulfide) groups is 1. The van der Waals surface area contributed by atoms with Crippen LogP contribution in [0.5, 0.6) is 5.75 Å². The molecule has 0 saturated heterocycles. The van der Waals surface area contributed by atoms with Crippen molar-refractivity contribution in [2.75, 3.05) is 12.4 Å². The summed E-state index contributed by atoms with van der Waals surface area (Å²) in [6.07, 6.45) is 5.20. The van der Waals surface area contributed by atoms with Crippen LogP contribution >= 0.6 is 11.8 Å². The van der Waals surface area contributed by atoms with E-state index in [0.717, 1.165) is 29.7 Å². The Hall–Kier alpha value is -1.82. The van der Waals surface area contributed by atoms with Gasteiger partial charge < -0.3 is 9.30 Å². The van der Waals surface area contributed by atoms with E-state index in [2.05, 4.69) is 21.3 Å². The molecule has 0 radical (unpaired) electrons. The Kier molecular flexibility index (Phi) is 5.33. The molecule has 3 rings (SSSR count). The minimum absolute atomic E-state index is 0.249. The van der Waals surface area contributed by atoms with Crippen molar-refractivity contribution >= 4 is 11.8 Å². The van der Waals surface area contributed by atoms with Gasteiger partial charge >= 0.3 is 0 Å². The molecule has 0 bridgehead atoms. The number of hydrogen-bond acceptors (Lipinski definition) is 4. The minimum Gasteiger partial charge on any atom is -0.494 e. The summed E-state index contributed by atoms with van der Waals surface area (Å²) in [5.41, 5.74) is 0. The van der Waals surface area contributed by atoms with Crippen molar-refractivity contribution in [1.82, 2.24) is 14.8 Å². The maximum Gasteiger partial charge on any atom is 0.191 e. The zero-order valence-electron chi connectivity index (χ0n) is 12.9. The van der Waals surface area contributed by atoms with Gasteiger partial charge in [-0.25, -0.2) is 4.39 Å². The van der Waals surface area contributed by atoms with Gasteiger partial charge in [-0.3, -0.25) is 0 Å². The maximum atomic E-state index is 12.8. The Morgan fingerprint density at radius 2 is 2.09 bits per heavy atom. The van der Waals surface area contributed by atoms with Gasteiger partial charge in [0.25, 0.3) is 0 Å². The highest BCUT2D eigenvalue weighted by molar-refractivity contribution is 7.99. The molecule has 122 valence electrons. The van der Waals surface area contributed by atoms with Crippen molar-refractivity contribution in [3.05, 3.63) is 48.6 Å². The SMILES string of the molecule is C=CCn1c(SCCCOc2ccc(F)cc2)nnc1C1CC1. The first-order valence-corrected chi connectivity index (χ1v) is 8.81. The van der Waals surface area contributed by atoms with E-state index in [1.807, 2.05) is 6.08 Å². The molecular weight excluding hydrogens is 313 g/mol. The molecule has 23 heavy (non-hydrogen) atoms. The number of aromatic nitrogens is 3. The van der Waals surface area contributed by atoms with Gasteiger partial charge in [0.2, 0.25) is 0 Å². The highest BCUT2D eigenvalue weighted by Crippen LogP contribution is 2.40.